The van der Waals surface area contributed by atoms with E-state index in [-0.39, 0.29) is 24.0 Å². The quantitative estimate of drug-likeness (QED) is 0.345. The molecule has 2 aliphatic rings. The van der Waals surface area contributed by atoms with Crippen molar-refractivity contribution >= 4 is 35.6 Å². The fraction of sp³-hybridized carbons (Fsp3) is 0.696. The molecular weight excluding hydrogens is 473 g/mol. The molecule has 29 heavy (non-hydrogen) atoms. The van der Waals surface area contributed by atoms with Gasteiger partial charge in [0.25, 0.3) is 0 Å². The van der Waals surface area contributed by atoms with Crippen molar-refractivity contribution in [2.75, 3.05) is 44.2 Å². The van der Waals surface area contributed by atoms with E-state index < -0.39 is 0 Å². The normalized spacial score (nSPS) is 23.2. The van der Waals surface area contributed by atoms with Gasteiger partial charge in [0.05, 0.1) is 0 Å². The fourth-order valence-electron chi connectivity index (χ4n) is 4.32. The molecule has 0 aliphatic carbocycles. The molecule has 2 heterocycles. The summed E-state index contributed by atoms with van der Waals surface area (Å²) in [4.78, 5) is 10.0. The first-order chi connectivity index (χ1) is 13.5. The minimum Gasteiger partial charge on any atom is -0.369 e. The molecule has 0 spiro atoms. The molecule has 1 aromatic rings. The summed E-state index contributed by atoms with van der Waals surface area (Å²) in [7, 11) is 0. The van der Waals surface area contributed by atoms with Crippen molar-refractivity contribution < 1.29 is 0 Å². The van der Waals surface area contributed by atoms with Crippen molar-refractivity contribution in [1.29, 1.82) is 0 Å². The Hall–Kier alpha value is -1.02. The van der Waals surface area contributed by atoms with E-state index in [4.69, 9.17) is 4.99 Å². The van der Waals surface area contributed by atoms with Crippen LogP contribution < -0.4 is 15.5 Å². The van der Waals surface area contributed by atoms with Gasteiger partial charge in [0.2, 0.25) is 0 Å². The molecule has 1 aromatic carbocycles. The predicted octanol–water partition coefficient (Wildman–Crippen LogP) is 3.87. The van der Waals surface area contributed by atoms with E-state index in [1.807, 2.05) is 0 Å². The number of halogens is 1. The summed E-state index contributed by atoms with van der Waals surface area (Å²) >= 11 is 0. The maximum absolute atomic E-state index is 4.95. The Bertz CT molecular complexity index is 631. The van der Waals surface area contributed by atoms with Crippen LogP contribution in [0.2, 0.25) is 0 Å². The molecule has 6 heteroatoms. The van der Waals surface area contributed by atoms with Gasteiger partial charge in [0.15, 0.2) is 5.96 Å². The van der Waals surface area contributed by atoms with Crippen LogP contribution in [0.5, 0.6) is 0 Å². The third-order valence-corrected chi connectivity index (χ3v) is 6.06. The third-order valence-electron chi connectivity index (χ3n) is 6.06. The Morgan fingerprint density at radius 3 is 2.59 bits per heavy atom. The van der Waals surface area contributed by atoms with E-state index in [2.05, 4.69) is 72.4 Å². The first-order valence-electron chi connectivity index (χ1n) is 11.2. The number of anilines is 1. The van der Waals surface area contributed by atoms with E-state index in [1.165, 1.54) is 37.2 Å². The molecule has 2 N–H and O–H groups in total. The average Bonchev–Trinajstić information content (AvgIpc) is 3.15. The van der Waals surface area contributed by atoms with Gasteiger partial charge in [-0.3, -0.25) is 4.99 Å². The number of rotatable bonds is 6. The van der Waals surface area contributed by atoms with Crippen molar-refractivity contribution in [2.24, 2.45) is 10.9 Å². The number of hydrogen-bond acceptors (Lipinski definition) is 3. The lowest BCUT2D eigenvalue weighted by molar-refractivity contribution is 0.143. The molecule has 2 fully saturated rings. The largest absolute Gasteiger partial charge is 0.369 e. The van der Waals surface area contributed by atoms with Crippen molar-refractivity contribution in [3.63, 3.8) is 0 Å². The summed E-state index contributed by atoms with van der Waals surface area (Å²) < 4.78 is 0. The average molecular weight is 514 g/mol. The second kappa shape index (κ2) is 12.0. The number of aliphatic imine (C=N–C) groups is 1. The lowest BCUT2D eigenvalue weighted by Crippen LogP contribution is -2.45. The van der Waals surface area contributed by atoms with Crippen molar-refractivity contribution in [2.45, 2.75) is 59.0 Å². The van der Waals surface area contributed by atoms with E-state index in [0.29, 0.717) is 18.0 Å². The third kappa shape index (κ3) is 7.31. The minimum atomic E-state index is 0. The van der Waals surface area contributed by atoms with Crippen molar-refractivity contribution in [3.8, 4) is 0 Å². The van der Waals surface area contributed by atoms with Crippen LogP contribution in [-0.2, 0) is 0 Å². The van der Waals surface area contributed by atoms with Crippen LogP contribution in [0.1, 0.15) is 45.6 Å². The molecule has 0 amide bonds. The number of hydrogen-bond donors (Lipinski definition) is 2. The maximum Gasteiger partial charge on any atom is 0.191 e. The second-order valence-electron chi connectivity index (χ2n) is 8.73. The highest BCUT2D eigenvalue weighted by molar-refractivity contribution is 14.0. The predicted molar refractivity (Wildman–Crippen MR) is 136 cm³/mol. The molecular formula is C23H40IN5. The van der Waals surface area contributed by atoms with Gasteiger partial charge < -0.3 is 20.4 Å². The van der Waals surface area contributed by atoms with E-state index in [0.717, 1.165) is 38.6 Å². The Kier molecular flexibility index (Phi) is 10.0. The number of likely N-dealkylation sites (tertiary alicyclic amines) is 1. The lowest BCUT2D eigenvalue weighted by atomic mass is 9.97. The molecule has 0 bridgehead atoms. The van der Waals surface area contributed by atoms with E-state index >= 15 is 0 Å². The molecule has 0 aromatic heterocycles. The van der Waals surface area contributed by atoms with Crippen LogP contribution in [0.4, 0.5) is 5.69 Å². The number of guanidine groups is 1. The zero-order valence-electron chi connectivity index (χ0n) is 18.7. The molecule has 2 atom stereocenters. The molecule has 3 rings (SSSR count). The summed E-state index contributed by atoms with van der Waals surface area (Å²) in [6, 6.07) is 9.97. The van der Waals surface area contributed by atoms with Crippen LogP contribution >= 0.6 is 24.0 Å². The Morgan fingerprint density at radius 2 is 1.90 bits per heavy atom. The Balaban J connectivity index is 0.00000300. The number of nitrogens with zero attached hydrogens (tertiary/aromatic N) is 3. The highest BCUT2D eigenvalue weighted by atomic mass is 127. The van der Waals surface area contributed by atoms with Gasteiger partial charge in [-0.1, -0.05) is 17.7 Å². The van der Waals surface area contributed by atoms with Crippen LogP contribution in [0, 0.1) is 12.8 Å². The summed E-state index contributed by atoms with van der Waals surface area (Å²) in [5.41, 5.74) is 2.64. The lowest BCUT2D eigenvalue weighted by Gasteiger charge is -2.35. The fourth-order valence-corrected chi connectivity index (χ4v) is 4.32. The van der Waals surface area contributed by atoms with Crippen LogP contribution in [0.25, 0.3) is 0 Å². The summed E-state index contributed by atoms with van der Waals surface area (Å²) in [5.74, 6) is 1.67. The number of aryl methyl sites for hydroxylation is 1. The van der Waals surface area contributed by atoms with Gasteiger partial charge in [0, 0.05) is 50.5 Å². The SMILES string of the molecule is CCNC(=NCC1CCCN(C(C)C)C1)NC1CCN(c2ccc(C)cc2)C1.I. The zero-order chi connectivity index (χ0) is 19.9. The Labute approximate surface area is 194 Å². The van der Waals surface area contributed by atoms with E-state index in [9.17, 15) is 0 Å². The summed E-state index contributed by atoms with van der Waals surface area (Å²) in [6.45, 7) is 15.3. The van der Waals surface area contributed by atoms with Gasteiger partial charge in [-0.15, -0.1) is 24.0 Å². The number of piperidine rings is 1. The van der Waals surface area contributed by atoms with Crippen LogP contribution in [0.3, 0.4) is 0 Å². The molecule has 0 saturated carbocycles. The van der Waals surface area contributed by atoms with E-state index in [1.54, 1.807) is 0 Å². The Morgan fingerprint density at radius 1 is 1.14 bits per heavy atom. The summed E-state index contributed by atoms with van der Waals surface area (Å²) in [6.07, 6.45) is 3.76. The number of benzene rings is 1. The van der Waals surface area contributed by atoms with Crippen molar-refractivity contribution in [3.05, 3.63) is 29.8 Å². The monoisotopic (exact) mass is 513 g/mol. The molecule has 2 aliphatic heterocycles. The van der Waals surface area contributed by atoms with Crippen LogP contribution in [0.15, 0.2) is 29.3 Å². The van der Waals surface area contributed by atoms with Crippen molar-refractivity contribution in [1.82, 2.24) is 15.5 Å². The summed E-state index contributed by atoms with van der Waals surface area (Å²) in [5, 5.41) is 7.14. The first kappa shape index (κ1) is 24.3. The molecule has 0 radical (unpaired) electrons. The number of nitrogens with one attached hydrogen (secondary N) is 2. The van der Waals surface area contributed by atoms with Gasteiger partial charge in [-0.2, -0.15) is 0 Å². The first-order valence-corrected chi connectivity index (χ1v) is 11.2. The molecule has 164 valence electrons. The highest BCUT2D eigenvalue weighted by Crippen LogP contribution is 2.21. The van der Waals surface area contributed by atoms with Crippen LogP contribution in [-0.4, -0.2) is 62.2 Å². The second-order valence-corrected chi connectivity index (χ2v) is 8.73. The van der Waals surface area contributed by atoms with Gasteiger partial charge in [-0.05, 0) is 71.6 Å². The molecule has 2 unspecified atom stereocenters. The smallest absolute Gasteiger partial charge is 0.191 e. The van der Waals surface area contributed by atoms with Gasteiger partial charge in [0.1, 0.15) is 0 Å². The molecule has 2 saturated heterocycles. The van der Waals surface area contributed by atoms with Gasteiger partial charge in [-0.25, -0.2) is 0 Å². The topological polar surface area (TPSA) is 42.9 Å². The molecule has 5 nitrogen and oxygen atoms in total. The maximum atomic E-state index is 4.95. The highest BCUT2D eigenvalue weighted by Gasteiger charge is 2.24. The minimum absolute atomic E-state index is 0. The van der Waals surface area contributed by atoms with Gasteiger partial charge >= 0.3 is 0 Å². The zero-order valence-corrected chi connectivity index (χ0v) is 21.0. The standard InChI is InChI=1S/C23H39N5.HI/c1-5-24-23(25-15-20-7-6-13-27(16-20)18(2)3)26-21-12-14-28(17-21)22-10-8-19(4)9-11-22;/h8-11,18,20-21H,5-7,12-17H2,1-4H3,(H2,24,25,26);1H.